The van der Waals surface area contributed by atoms with Crippen molar-refractivity contribution in [3.63, 3.8) is 0 Å². The lowest BCUT2D eigenvalue weighted by atomic mass is 9.48. The molecule has 2 aliphatic rings. The molecule has 23 heavy (non-hydrogen) atoms. The largest absolute Gasteiger partial charge is 0.494 e. The van der Waals surface area contributed by atoms with Crippen LogP contribution in [-0.4, -0.2) is 49.7 Å². The third-order valence-corrected chi connectivity index (χ3v) is 5.57. The van der Waals surface area contributed by atoms with Crippen LogP contribution in [0, 0.1) is 23.7 Å². The number of hydrogen-bond acceptors (Lipinski definition) is 4. The van der Waals surface area contributed by atoms with Crippen LogP contribution >= 0.6 is 0 Å². The van der Waals surface area contributed by atoms with Gasteiger partial charge in [-0.2, -0.15) is 0 Å². The lowest BCUT2D eigenvalue weighted by molar-refractivity contribution is -0.107. The molecule has 0 radical (unpaired) electrons. The number of nitrogens with zero attached hydrogens (tertiary/aromatic N) is 2. The number of hydrogen-bond donors (Lipinski definition) is 0. The molecule has 2 atom stereocenters. The molecule has 0 N–H and O–H groups in total. The normalized spacial score (nSPS) is 28.2. The Hall–Kier alpha value is -1.62. The molecule has 2 heterocycles. The highest BCUT2D eigenvalue weighted by atomic mass is 16.5. The van der Waals surface area contributed by atoms with Crippen LogP contribution < -0.4 is 4.74 Å². The molecule has 1 aliphatic carbocycles. The Kier molecular flexibility index (Phi) is 3.87. The Morgan fingerprint density at radius 2 is 2.17 bits per heavy atom. The van der Waals surface area contributed by atoms with Crippen molar-refractivity contribution in [1.82, 2.24) is 9.88 Å². The van der Waals surface area contributed by atoms with E-state index >= 15 is 0 Å². The summed E-state index contributed by atoms with van der Waals surface area (Å²) in [4.78, 5) is 19.2. The molecular weight excluding hydrogens is 292 g/mol. The average Bonchev–Trinajstić information content (AvgIpc) is 2.81. The molecule has 0 spiro atoms. The molecule has 3 rings (SSSR count). The minimum absolute atomic E-state index is 0.0352. The molecule has 1 saturated heterocycles. The first-order chi connectivity index (χ1) is 10.8. The molecule has 1 saturated carbocycles. The summed E-state index contributed by atoms with van der Waals surface area (Å²) in [7, 11) is 3.32. The van der Waals surface area contributed by atoms with Gasteiger partial charge in [0.2, 0.25) is 0 Å². The van der Waals surface area contributed by atoms with E-state index in [1.807, 2.05) is 17.9 Å². The van der Waals surface area contributed by atoms with Crippen molar-refractivity contribution in [3.8, 4) is 5.75 Å². The fourth-order valence-electron chi connectivity index (χ4n) is 4.81. The number of methoxy groups -OCH3 is 2. The molecule has 5 nitrogen and oxygen atoms in total. The van der Waals surface area contributed by atoms with Crippen LogP contribution in [0.2, 0.25) is 0 Å². The maximum absolute atomic E-state index is 13.0. The van der Waals surface area contributed by atoms with Gasteiger partial charge in [-0.05, 0) is 30.7 Å². The number of aryl methyl sites for hydroxylation is 1. The number of aromatic nitrogens is 1. The Morgan fingerprint density at radius 1 is 1.43 bits per heavy atom. The van der Waals surface area contributed by atoms with Crippen LogP contribution in [0.4, 0.5) is 0 Å². The number of pyridine rings is 1. The van der Waals surface area contributed by atoms with E-state index in [0.29, 0.717) is 17.2 Å². The van der Waals surface area contributed by atoms with Crippen molar-refractivity contribution in [2.75, 3.05) is 33.9 Å². The Bertz CT molecular complexity index is 629. The number of amides is 1. The summed E-state index contributed by atoms with van der Waals surface area (Å²) in [5.74, 6) is 1.07. The number of ether oxygens (including phenoxy) is 2. The van der Waals surface area contributed by atoms with Gasteiger partial charge in [0.05, 0.1) is 25.5 Å². The van der Waals surface area contributed by atoms with E-state index in [0.717, 1.165) is 31.8 Å². The van der Waals surface area contributed by atoms with Crippen molar-refractivity contribution in [1.29, 1.82) is 0 Å². The molecular formula is C18H26N2O3. The average molecular weight is 318 g/mol. The van der Waals surface area contributed by atoms with Gasteiger partial charge >= 0.3 is 0 Å². The lowest BCUT2D eigenvalue weighted by Gasteiger charge is -2.56. The van der Waals surface area contributed by atoms with Gasteiger partial charge in [-0.3, -0.25) is 9.78 Å². The standard InChI is InChI=1S/C18H26N2O3/c1-12-6-13(14(23-5)7-19-12)16(21)20-8-15-17(2,3)9-18(15,10-20)11-22-4/h6-7,15H,8-11H2,1-5H3/t15-,18-/m1/s1. The molecule has 0 bridgehead atoms. The van der Waals surface area contributed by atoms with Crippen LogP contribution in [0.5, 0.6) is 5.75 Å². The van der Waals surface area contributed by atoms with Gasteiger partial charge in [-0.25, -0.2) is 0 Å². The number of carbonyl (C=O) groups excluding carboxylic acids is 1. The summed E-state index contributed by atoms with van der Waals surface area (Å²) in [6.07, 6.45) is 2.73. The summed E-state index contributed by atoms with van der Waals surface area (Å²) in [6.45, 7) is 8.74. The van der Waals surface area contributed by atoms with Gasteiger partial charge in [0.1, 0.15) is 5.75 Å². The smallest absolute Gasteiger partial charge is 0.257 e. The number of rotatable bonds is 4. The van der Waals surface area contributed by atoms with E-state index in [1.54, 1.807) is 20.4 Å². The van der Waals surface area contributed by atoms with Crippen molar-refractivity contribution >= 4 is 5.91 Å². The van der Waals surface area contributed by atoms with Crippen LogP contribution in [0.3, 0.4) is 0 Å². The molecule has 5 heteroatoms. The van der Waals surface area contributed by atoms with Crippen molar-refractivity contribution in [2.45, 2.75) is 27.2 Å². The van der Waals surface area contributed by atoms with E-state index in [4.69, 9.17) is 9.47 Å². The minimum atomic E-state index is 0.0352. The second-order valence-corrected chi connectivity index (χ2v) is 7.72. The Labute approximate surface area is 138 Å². The molecule has 0 unspecified atom stereocenters. The highest BCUT2D eigenvalue weighted by Crippen LogP contribution is 2.62. The van der Waals surface area contributed by atoms with Crippen LogP contribution in [0.15, 0.2) is 12.3 Å². The minimum Gasteiger partial charge on any atom is -0.494 e. The van der Waals surface area contributed by atoms with Gasteiger partial charge < -0.3 is 14.4 Å². The van der Waals surface area contributed by atoms with Gasteiger partial charge in [0.25, 0.3) is 5.91 Å². The molecule has 1 amide bonds. The maximum Gasteiger partial charge on any atom is 0.257 e. The second kappa shape index (κ2) is 5.48. The number of fused-ring (bicyclic) bond motifs is 1. The van der Waals surface area contributed by atoms with Crippen LogP contribution in [-0.2, 0) is 4.74 Å². The van der Waals surface area contributed by atoms with E-state index in [1.165, 1.54) is 0 Å². The van der Waals surface area contributed by atoms with E-state index in [2.05, 4.69) is 18.8 Å². The fraction of sp³-hybridized carbons (Fsp3) is 0.667. The van der Waals surface area contributed by atoms with Gasteiger partial charge in [0.15, 0.2) is 0 Å². The number of carbonyl (C=O) groups is 1. The zero-order valence-corrected chi connectivity index (χ0v) is 14.7. The second-order valence-electron chi connectivity index (χ2n) is 7.72. The van der Waals surface area contributed by atoms with Crippen molar-refractivity contribution < 1.29 is 14.3 Å². The SMILES string of the molecule is COC[C@@]12CN(C(=O)c3cc(C)ncc3OC)C[C@@H]1C(C)(C)C2. The van der Waals surface area contributed by atoms with Crippen LogP contribution in [0.25, 0.3) is 0 Å². The Balaban J connectivity index is 1.86. The van der Waals surface area contributed by atoms with Crippen molar-refractivity contribution in [3.05, 3.63) is 23.5 Å². The summed E-state index contributed by atoms with van der Waals surface area (Å²) < 4.78 is 10.8. The molecule has 0 aromatic carbocycles. The molecule has 1 aromatic rings. The summed E-state index contributed by atoms with van der Waals surface area (Å²) in [5, 5.41) is 0. The molecule has 126 valence electrons. The number of likely N-dealkylation sites (tertiary alicyclic amines) is 1. The first kappa shape index (κ1) is 16.2. The monoisotopic (exact) mass is 318 g/mol. The highest BCUT2D eigenvalue weighted by molar-refractivity contribution is 5.97. The summed E-state index contributed by atoms with van der Waals surface area (Å²) in [5.41, 5.74) is 1.81. The predicted molar refractivity (Wildman–Crippen MR) is 87.6 cm³/mol. The maximum atomic E-state index is 13.0. The zero-order valence-electron chi connectivity index (χ0n) is 14.7. The fourth-order valence-corrected chi connectivity index (χ4v) is 4.81. The Morgan fingerprint density at radius 3 is 2.78 bits per heavy atom. The molecule has 1 aliphatic heterocycles. The third kappa shape index (κ3) is 2.51. The van der Waals surface area contributed by atoms with Crippen LogP contribution in [0.1, 0.15) is 36.3 Å². The summed E-state index contributed by atoms with van der Waals surface area (Å²) >= 11 is 0. The van der Waals surface area contributed by atoms with E-state index in [9.17, 15) is 4.79 Å². The van der Waals surface area contributed by atoms with E-state index < -0.39 is 0 Å². The quantitative estimate of drug-likeness (QED) is 0.856. The predicted octanol–water partition coefficient (Wildman–Crippen LogP) is 2.53. The zero-order chi connectivity index (χ0) is 16.8. The first-order valence-corrected chi connectivity index (χ1v) is 8.12. The van der Waals surface area contributed by atoms with Gasteiger partial charge in [0, 0.05) is 31.3 Å². The first-order valence-electron chi connectivity index (χ1n) is 8.12. The lowest BCUT2D eigenvalue weighted by Crippen LogP contribution is -2.55. The molecule has 1 aromatic heterocycles. The summed E-state index contributed by atoms with van der Waals surface area (Å²) in [6, 6.07) is 1.82. The third-order valence-electron chi connectivity index (χ3n) is 5.57. The topological polar surface area (TPSA) is 51.7 Å². The highest BCUT2D eigenvalue weighted by Gasteiger charge is 2.63. The van der Waals surface area contributed by atoms with Gasteiger partial charge in [-0.15, -0.1) is 0 Å². The molecule has 2 fully saturated rings. The van der Waals surface area contributed by atoms with E-state index in [-0.39, 0.29) is 16.7 Å². The van der Waals surface area contributed by atoms with Gasteiger partial charge in [-0.1, -0.05) is 13.8 Å². The van der Waals surface area contributed by atoms with Crippen molar-refractivity contribution in [2.24, 2.45) is 16.7 Å².